The zero-order valence-corrected chi connectivity index (χ0v) is 16.0. The van der Waals surface area contributed by atoms with Gasteiger partial charge in [0.15, 0.2) is 0 Å². The van der Waals surface area contributed by atoms with Gasteiger partial charge >= 0.3 is 11.9 Å². The first-order valence-corrected chi connectivity index (χ1v) is 8.45. The second kappa shape index (κ2) is 12.3. The van der Waals surface area contributed by atoms with Gasteiger partial charge in [0.2, 0.25) is 0 Å². The summed E-state index contributed by atoms with van der Waals surface area (Å²) in [6.45, 7) is 2.18. The van der Waals surface area contributed by atoms with Gasteiger partial charge in [-0.2, -0.15) is 0 Å². The molecule has 0 saturated carbocycles. The largest absolute Gasteiger partial charge is 0.494 e. The van der Waals surface area contributed by atoms with Crippen LogP contribution in [-0.4, -0.2) is 44.4 Å². The number of carboxylic acids is 1. The molecule has 0 heterocycles. The molecule has 2 aromatic carbocycles. The topological polar surface area (TPSA) is 94.1 Å². The Hall–Kier alpha value is -3.13. The fraction of sp³-hybridized carbons (Fsp3) is 0.300. The number of anilines is 1. The molecule has 0 radical (unpaired) electrons. The van der Waals surface area contributed by atoms with Gasteiger partial charge < -0.3 is 24.6 Å². The quantitative estimate of drug-likeness (QED) is 0.402. The SMILES string of the molecule is CC(=O)Oc1ccc(NCCCOc2ccc(F)cc2)cc1C(=O)O.COC. The Balaban J connectivity index is 0.00000122. The van der Waals surface area contributed by atoms with Gasteiger partial charge in [0.05, 0.1) is 6.61 Å². The molecule has 0 aliphatic rings. The van der Waals surface area contributed by atoms with E-state index in [1.54, 1.807) is 32.4 Å². The maximum Gasteiger partial charge on any atom is 0.339 e. The minimum Gasteiger partial charge on any atom is -0.494 e. The molecule has 0 aliphatic carbocycles. The molecule has 0 spiro atoms. The van der Waals surface area contributed by atoms with E-state index >= 15 is 0 Å². The van der Waals surface area contributed by atoms with Crippen molar-refractivity contribution in [2.75, 3.05) is 32.7 Å². The Morgan fingerprint density at radius 1 is 1.11 bits per heavy atom. The summed E-state index contributed by atoms with van der Waals surface area (Å²) in [7, 11) is 3.25. The molecule has 2 aromatic rings. The van der Waals surface area contributed by atoms with Crippen molar-refractivity contribution in [3.05, 3.63) is 53.8 Å². The van der Waals surface area contributed by atoms with Crippen LogP contribution in [-0.2, 0) is 9.53 Å². The first-order chi connectivity index (χ1) is 13.4. The lowest BCUT2D eigenvalue weighted by atomic mass is 10.1. The maximum atomic E-state index is 12.8. The summed E-state index contributed by atoms with van der Waals surface area (Å²) in [5.74, 6) is -1.49. The highest BCUT2D eigenvalue weighted by Crippen LogP contribution is 2.23. The number of halogens is 1. The van der Waals surface area contributed by atoms with E-state index < -0.39 is 11.9 Å². The summed E-state index contributed by atoms with van der Waals surface area (Å²) in [6.07, 6.45) is 0.658. The molecular weight excluding hydrogens is 369 g/mol. The van der Waals surface area contributed by atoms with E-state index in [0.717, 1.165) is 0 Å². The molecule has 2 N–H and O–H groups in total. The van der Waals surface area contributed by atoms with Crippen molar-refractivity contribution in [3.8, 4) is 11.5 Å². The second-order valence-corrected chi connectivity index (χ2v) is 5.60. The number of esters is 1. The fourth-order valence-corrected chi connectivity index (χ4v) is 2.08. The van der Waals surface area contributed by atoms with E-state index in [2.05, 4.69) is 10.1 Å². The Kier molecular flexibility index (Phi) is 10.1. The van der Waals surface area contributed by atoms with E-state index in [0.29, 0.717) is 31.0 Å². The molecule has 152 valence electrons. The lowest BCUT2D eigenvalue weighted by Crippen LogP contribution is -2.10. The van der Waals surface area contributed by atoms with Gasteiger partial charge in [-0.3, -0.25) is 4.79 Å². The standard InChI is InChI=1S/C18H18FNO5.C2H6O/c1-12(21)25-17-8-5-14(11-16(17)18(22)23)20-9-2-10-24-15-6-3-13(19)4-7-15;1-3-2/h3-8,11,20H,2,9-10H2,1H3,(H,22,23);1-2H3. The predicted octanol–water partition coefficient (Wildman–Crippen LogP) is 3.59. The van der Waals surface area contributed by atoms with Crippen molar-refractivity contribution >= 4 is 17.6 Å². The zero-order valence-electron chi connectivity index (χ0n) is 16.0. The van der Waals surface area contributed by atoms with Crippen LogP contribution in [0.5, 0.6) is 11.5 Å². The van der Waals surface area contributed by atoms with Gasteiger partial charge in [-0.15, -0.1) is 0 Å². The highest BCUT2D eigenvalue weighted by atomic mass is 19.1. The van der Waals surface area contributed by atoms with Crippen molar-refractivity contribution in [2.45, 2.75) is 13.3 Å². The lowest BCUT2D eigenvalue weighted by Gasteiger charge is -2.11. The minimum absolute atomic E-state index is 0.00481. The van der Waals surface area contributed by atoms with Crippen LogP contribution >= 0.6 is 0 Å². The van der Waals surface area contributed by atoms with Crippen LogP contribution in [0.4, 0.5) is 10.1 Å². The molecule has 2 rings (SSSR count). The minimum atomic E-state index is -1.18. The smallest absolute Gasteiger partial charge is 0.339 e. The van der Waals surface area contributed by atoms with Gasteiger partial charge in [-0.05, 0) is 48.9 Å². The Bertz CT molecular complexity index is 764. The van der Waals surface area contributed by atoms with Crippen molar-refractivity contribution in [2.24, 2.45) is 0 Å². The number of hydrogen-bond donors (Lipinski definition) is 2. The molecule has 28 heavy (non-hydrogen) atoms. The van der Waals surface area contributed by atoms with Gasteiger partial charge in [0, 0.05) is 33.4 Å². The summed E-state index contributed by atoms with van der Waals surface area (Å²) >= 11 is 0. The molecule has 0 unspecified atom stereocenters. The van der Waals surface area contributed by atoms with Gasteiger partial charge in [-0.1, -0.05) is 0 Å². The monoisotopic (exact) mass is 393 g/mol. The molecule has 8 heteroatoms. The number of aromatic carboxylic acids is 1. The van der Waals surface area contributed by atoms with Gasteiger partial charge in [0.1, 0.15) is 22.9 Å². The number of methoxy groups -OCH3 is 1. The number of carbonyl (C=O) groups is 2. The van der Waals surface area contributed by atoms with E-state index in [1.807, 2.05) is 0 Å². The molecule has 0 bridgehead atoms. The van der Waals surface area contributed by atoms with Crippen LogP contribution < -0.4 is 14.8 Å². The van der Waals surface area contributed by atoms with Crippen LogP contribution in [0.1, 0.15) is 23.7 Å². The molecule has 0 amide bonds. The van der Waals surface area contributed by atoms with Gasteiger partial charge in [-0.25, -0.2) is 9.18 Å². The number of benzene rings is 2. The van der Waals surface area contributed by atoms with E-state index in [9.17, 15) is 19.1 Å². The normalized spacial score (nSPS) is 9.71. The Morgan fingerprint density at radius 3 is 2.32 bits per heavy atom. The van der Waals surface area contributed by atoms with Gasteiger partial charge in [0.25, 0.3) is 0 Å². The van der Waals surface area contributed by atoms with Crippen molar-refractivity contribution in [1.29, 1.82) is 0 Å². The number of ether oxygens (including phenoxy) is 3. The molecule has 0 atom stereocenters. The van der Waals surface area contributed by atoms with Crippen molar-refractivity contribution < 1.29 is 33.3 Å². The third kappa shape index (κ3) is 8.50. The van der Waals surface area contributed by atoms with Crippen molar-refractivity contribution in [3.63, 3.8) is 0 Å². The summed E-state index contributed by atoms with van der Waals surface area (Å²) < 4.78 is 27.4. The van der Waals surface area contributed by atoms with Crippen LogP contribution in [0.3, 0.4) is 0 Å². The molecule has 7 nitrogen and oxygen atoms in total. The molecule has 0 fully saturated rings. The summed E-state index contributed by atoms with van der Waals surface area (Å²) in [6, 6.07) is 10.2. The molecule has 0 aromatic heterocycles. The van der Waals surface area contributed by atoms with E-state index in [-0.39, 0.29) is 17.1 Å². The number of hydrogen-bond acceptors (Lipinski definition) is 6. The average Bonchev–Trinajstić information content (AvgIpc) is 2.64. The van der Waals surface area contributed by atoms with Crippen LogP contribution in [0, 0.1) is 5.82 Å². The second-order valence-electron chi connectivity index (χ2n) is 5.60. The van der Waals surface area contributed by atoms with Crippen LogP contribution in [0.15, 0.2) is 42.5 Å². The average molecular weight is 393 g/mol. The summed E-state index contributed by atoms with van der Waals surface area (Å²) in [5.41, 5.74) is 0.498. The molecule has 0 aliphatic heterocycles. The number of carbonyl (C=O) groups excluding carboxylic acids is 1. The molecule has 0 saturated heterocycles. The highest BCUT2D eigenvalue weighted by Gasteiger charge is 2.13. The van der Waals surface area contributed by atoms with Crippen molar-refractivity contribution in [1.82, 2.24) is 0 Å². The number of nitrogens with one attached hydrogen (secondary N) is 1. The molecular formula is C20H24FNO6. The van der Waals surface area contributed by atoms with E-state index in [4.69, 9.17) is 9.47 Å². The number of carboxylic acid groups (broad SMARTS) is 1. The zero-order chi connectivity index (χ0) is 20.9. The number of rotatable bonds is 8. The first-order valence-electron chi connectivity index (χ1n) is 8.45. The Morgan fingerprint density at radius 2 is 1.75 bits per heavy atom. The third-order valence-corrected chi connectivity index (χ3v) is 3.20. The first kappa shape index (κ1) is 22.9. The Labute approximate surface area is 163 Å². The summed E-state index contributed by atoms with van der Waals surface area (Å²) in [4.78, 5) is 22.2. The third-order valence-electron chi connectivity index (χ3n) is 3.20. The predicted molar refractivity (Wildman–Crippen MR) is 103 cm³/mol. The fourth-order valence-electron chi connectivity index (χ4n) is 2.08. The lowest BCUT2D eigenvalue weighted by molar-refractivity contribution is -0.131. The van der Waals surface area contributed by atoms with Crippen LogP contribution in [0.2, 0.25) is 0 Å². The highest BCUT2D eigenvalue weighted by molar-refractivity contribution is 5.93. The summed E-state index contributed by atoms with van der Waals surface area (Å²) in [5, 5.41) is 12.3. The van der Waals surface area contributed by atoms with E-state index in [1.165, 1.54) is 31.2 Å². The van der Waals surface area contributed by atoms with Crippen LogP contribution in [0.25, 0.3) is 0 Å². The maximum absolute atomic E-state index is 12.8.